The molecule has 3 rings (SSSR count). The first kappa shape index (κ1) is 25.3. The molecule has 34 heavy (non-hydrogen) atoms. The zero-order valence-corrected chi connectivity index (χ0v) is 20.5. The van der Waals surface area contributed by atoms with Gasteiger partial charge in [0.25, 0.3) is 15.9 Å². The highest BCUT2D eigenvalue weighted by atomic mass is 35.5. The lowest BCUT2D eigenvalue weighted by molar-refractivity contribution is 0.102. The predicted octanol–water partition coefficient (Wildman–Crippen LogP) is 4.35. The molecule has 0 aliphatic heterocycles. The number of benzene rings is 3. The maximum Gasteiger partial charge on any atom is 0.261 e. The fourth-order valence-electron chi connectivity index (χ4n) is 2.98. The summed E-state index contributed by atoms with van der Waals surface area (Å²) in [6, 6.07) is 18.0. The first-order chi connectivity index (χ1) is 16.0. The molecule has 1 amide bonds. The van der Waals surface area contributed by atoms with E-state index in [1.165, 1.54) is 58.9 Å². The number of amides is 1. The Morgan fingerprint density at radius 2 is 1.47 bits per heavy atom. The Bertz CT molecular complexity index is 1390. The summed E-state index contributed by atoms with van der Waals surface area (Å²) in [7, 11) is -7.32. The Morgan fingerprint density at radius 1 is 0.912 bits per heavy atom. The average molecular weight is 520 g/mol. The number of sulfonamides is 2. The molecule has 0 heterocycles. The van der Waals surface area contributed by atoms with Gasteiger partial charge in [0.15, 0.2) is 0 Å². The Morgan fingerprint density at radius 3 is 2.00 bits per heavy atom. The monoisotopic (exact) mass is 519 g/mol. The van der Waals surface area contributed by atoms with E-state index >= 15 is 0 Å². The molecule has 0 aliphatic rings. The van der Waals surface area contributed by atoms with Crippen molar-refractivity contribution < 1.29 is 21.6 Å². The molecule has 11 heteroatoms. The zero-order chi connectivity index (χ0) is 24.9. The van der Waals surface area contributed by atoms with E-state index in [-0.39, 0.29) is 11.4 Å². The number of rotatable bonds is 9. The SMILES string of the molecule is C=CCN(c1ccc(C(=O)Nc2ccc(S(=O)(=O)Nc3ccc(Cl)cc3)cc2)cc1)S(C)(=O)=O. The van der Waals surface area contributed by atoms with Crippen molar-refractivity contribution in [2.75, 3.05) is 27.1 Å². The Balaban J connectivity index is 1.69. The fourth-order valence-corrected chi connectivity index (χ4v) is 5.05. The van der Waals surface area contributed by atoms with Gasteiger partial charge in [-0.1, -0.05) is 17.7 Å². The van der Waals surface area contributed by atoms with Gasteiger partial charge in [0.05, 0.1) is 23.4 Å². The van der Waals surface area contributed by atoms with Gasteiger partial charge >= 0.3 is 0 Å². The van der Waals surface area contributed by atoms with Crippen LogP contribution in [-0.2, 0) is 20.0 Å². The van der Waals surface area contributed by atoms with Gasteiger partial charge in [-0.15, -0.1) is 6.58 Å². The summed E-state index contributed by atoms with van der Waals surface area (Å²) in [4.78, 5) is 12.6. The molecule has 0 spiro atoms. The molecule has 0 saturated carbocycles. The lowest BCUT2D eigenvalue weighted by atomic mass is 10.2. The van der Waals surface area contributed by atoms with Crippen LogP contribution >= 0.6 is 11.6 Å². The Hall–Kier alpha value is -3.34. The second kappa shape index (κ2) is 10.3. The summed E-state index contributed by atoms with van der Waals surface area (Å²) in [5, 5.41) is 3.17. The molecule has 0 bridgehead atoms. The molecule has 0 atom stereocenters. The van der Waals surface area contributed by atoms with Crippen molar-refractivity contribution >= 4 is 54.6 Å². The second-order valence-electron chi connectivity index (χ2n) is 7.22. The molecule has 8 nitrogen and oxygen atoms in total. The maximum absolute atomic E-state index is 12.6. The van der Waals surface area contributed by atoms with Crippen LogP contribution < -0.4 is 14.3 Å². The van der Waals surface area contributed by atoms with E-state index in [0.717, 1.165) is 6.26 Å². The minimum Gasteiger partial charge on any atom is -0.322 e. The predicted molar refractivity (Wildman–Crippen MR) is 135 cm³/mol. The van der Waals surface area contributed by atoms with Crippen LogP contribution in [0.25, 0.3) is 0 Å². The summed E-state index contributed by atoms with van der Waals surface area (Å²) in [5.74, 6) is -0.434. The third-order valence-electron chi connectivity index (χ3n) is 4.63. The van der Waals surface area contributed by atoms with Gasteiger partial charge < -0.3 is 5.32 Å². The molecule has 0 radical (unpaired) electrons. The van der Waals surface area contributed by atoms with Gasteiger partial charge in [-0.05, 0) is 72.8 Å². The van der Waals surface area contributed by atoms with Crippen molar-refractivity contribution in [1.29, 1.82) is 0 Å². The number of carbonyl (C=O) groups excluding carboxylic acids is 1. The van der Waals surface area contributed by atoms with Crippen LogP contribution in [-0.4, -0.2) is 35.5 Å². The smallest absolute Gasteiger partial charge is 0.261 e. The topological polar surface area (TPSA) is 113 Å². The summed E-state index contributed by atoms with van der Waals surface area (Å²) in [6.07, 6.45) is 2.56. The number of nitrogens with one attached hydrogen (secondary N) is 2. The van der Waals surface area contributed by atoms with Crippen LogP contribution in [0, 0.1) is 0 Å². The minimum absolute atomic E-state index is 0.0212. The van der Waals surface area contributed by atoms with E-state index < -0.39 is 26.0 Å². The maximum atomic E-state index is 12.6. The van der Waals surface area contributed by atoms with Gasteiger partial charge in [0.2, 0.25) is 10.0 Å². The zero-order valence-electron chi connectivity index (χ0n) is 18.1. The van der Waals surface area contributed by atoms with Crippen molar-refractivity contribution in [3.05, 3.63) is 96.0 Å². The highest BCUT2D eigenvalue weighted by Crippen LogP contribution is 2.21. The summed E-state index contributed by atoms with van der Waals surface area (Å²) < 4.78 is 52.6. The average Bonchev–Trinajstić information content (AvgIpc) is 2.78. The third-order valence-corrected chi connectivity index (χ3v) is 7.44. The number of hydrogen-bond acceptors (Lipinski definition) is 5. The van der Waals surface area contributed by atoms with Gasteiger partial charge in [0.1, 0.15) is 0 Å². The number of carbonyl (C=O) groups is 1. The number of halogens is 1. The van der Waals surface area contributed by atoms with Crippen LogP contribution in [0.4, 0.5) is 17.1 Å². The van der Waals surface area contributed by atoms with Gasteiger partial charge in [-0.3, -0.25) is 13.8 Å². The molecule has 3 aromatic carbocycles. The molecular weight excluding hydrogens is 498 g/mol. The highest BCUT2D eigenvalue weighted by molar-refractivity contribution is 7.92. The number of hydrogen-bond donors (Lipinski definition) is 2. The summed E-state index contributed by atoms with van der Waals surface area (Å²) in [5.41, 5.74) is 1.47. The quantitative estimate of drug-likeness (QED) is 0.408. The minimum atomic E-state index is -3.82. The van der Waals surface area contributed by atoms with Crippen molar-refractivity contribution in [2.45, 2.75) is 4.90 Å². The van der Waals surface area contributed by atoms with E-state index in [1.807, 2.05) is 0 Å². The molecule has 3 aromatic rings. The normalized spacial score (nSPS) is 11.5. The van der Waals surface area contributed by atoms with Crippen molar-refractivity contribution in [3.63, 3.8) is 0 Å². The molecule has 0 saturated heterocycles. The highest BCUT2D eigenvalue weighted by Gasteiger charge is 2.17. The fraction of sp³-hybridized carbons (Fsp3) is 0.0870. The lowest BCUT2D eigenvalue weighted by Crippen LogP contribution is -2.29. The van der Waals surface area contributed by atoms with Crippen molar-refractivity contribution in [1.82, 2.24) is 0 Å². The number of nitrogens with zero attached hydrogens (tertiary/aromatic N) is 1. The molecule has 0 aromatic heterocycles. The second-order valence-corrected chi connectivity index (χ2v) is 11.2. The number of anilines is 3. The first-order valence-corrected chi connectivity index (χ1v) is 13.6. The molecule has 0 unspecified atom stereocenters. The van der Waals surface area contributed by atoms with E-state index in [4.69, 9.17) is 11.6 Å². The van der Waals surface area contributed by atoms with Crippen LogP contribution in [0.1, 0.15) is 10.4 Å². The van der Waals surface area contributed by atoms with Crippen LogP contribution in [0.2, 0.25) is 5.02 Å². The molecule has 0 aliphatic carbocycles. The van der Waals surface area contributed by atoms with Crippen LogP contribution in [0.3, 0.4) is 0 Å². The van der Waals surface area contributed by atoms with E-state index in [1.54, 1.807) is 24.3 Å². The van der Waals surface area contributed by atoms with E-state index in [9.17, 15) is 21.6 Å². The van der Waals surface area contributed by atoms with Crippen molar-refractivity contribution in [2.24, 2.45) is 0 Å². The Labute approximate surface area is 204 Å². The van der Waals surface area contributed by atoms with Gasteiger partial charge in [0, 0.05) is 22.0 Å². The molecule has 0 fully saturated rings. The lowest BCUT2D eigenvalue weighted by Gasteiger charge is -2.20. The van der Waals surface area contributed by atoms with Crippen LogP contribution in [0.15, 0.2) is 90.3 Å². The molecular formula is C23H22ClN3O5S2. The van der Waals surface area contributed by atoms with Crippen LogP contribution in [0.5, 0.6) is 0 Å². The first-order valence-electron chi connectivity index (χ1n) is 9.88. The van der Waals surface area contributed by atoms with E-state index in [2.05, 4.69) is 16.6 Å². The Kier molecular flexibility index (Phi) is 7.65. The molecule has 2 N–H and O–H groups in total. The van der Waals surface area contributed by atoms with Gasteiger partial charge in [-0.25, -0.2) is 16.8 Å². The molecule has 178 valence electrons. The van der Waals surface area contributed by atoms with Crippen molar-refractivity contribution in [3.8, 4) is 0 Å². The third kappa shape index (κ3) is 6.37. The van der Waals surface area contributed by atoms with Gasteiger partial charge in [-0.2, -0.15) is 0 Å². The summed E-state index contributed by atoms with van der Waals surface area (Å²) in [6.45, 7) is 3.66. The summed E-state index contributed by atoms with van der Waals surface area (Å²) >= 11 is 5.81. The van der Waals surface area contributed by atoms with E-state index in [0.29, 0.717) is 27.6 Å². The standard InChI is InChI=1S/C23H22ClN3O5S2/c1-3-16-27(33(2,29)30)21-12-4-17(5-13-21)23(28)25-19-10-14-22(15-11-19)34(31,32)26-20-8-6-18(24)7-9-20/h3-15,26H,1,16H2,2H3,(H,25,28). The largest absolute Gasteiger partial charge is 0.322 e.